The first-order valence-corrected chi connectivity index (χ1v) is 7.82. The van der Waals surface area contributed by atoms with Gasteiger partial charge in [-0.05, 0) is 48.0 Å². The molecule has 0 fully saturated rings. The number of methoxy groups -OCH3 is 1. The van der Waals surface area contributed by atoms with Crippen LogP contribution in [0.15, 0.2) is 0 Å². The van der Waals surface area contributed by atoms with Crippen LogP contribution in [-0.4, -0.2) is 49.1 Å². The van der Waals surface area contributed by atoms with Crippen LogP contribution >= 0.6 is 0 Å². The van der Waals surface area contributed by atoms with E-state index in [1.807, 2.05) is 0 Å². The number of carbonyl (C=O) groups excluding carboxylic acids is 3. The van der Waals surface area contributed by atoms with E-state index in [4.69, 9.17) is 14.2 Å². The van der Waals surface area contributed by atoms with Gasteiger partial charge in [-0.3, -0.25) is 9.59 Å². The Morgan fingerprint density at radius 3 is 1.96 bits per heavy atom. The maximum Gasteiger partial charge on any atom is 0.408 e. The highest BCUT2D eigenvalue weighted by molar-refractivity contribution is 5.86. The molecule has 0 aliphatic rings. The number of esters is 1. The summed E-state index contributed by atoms with van der Waals surface area (Å²) in [5.74, 6) is -0.913. The molecule has 24 heavy (non-hydrogen) atoms. The predicted octanol–water partition coefficient (Wildman–Crippen LogP) is 1.72. The second-order valence-electron chi connectivity index (χ2n) is 7.30. The fourth-order valence-electron chi connectivity index (χ4n) is 1.64. The Morgan fingerprint density at radius 2 is 1.50 bits per heavy atom. The number of rotatable bonds is 7. The van der Waals surface area contributed by atoms with Crippen molar-refractivity contribution < 1.29 is 28.6 Å². The summed E-state index contributed by atoms with van der Waals surface area (Å²) in [6.45, 7) is 10.4. The van der Waals surface area contributed by atoms with E-state index in [-0.39, 0.29) is 19.6 Å². The molecular weight excluding hydrogens is 316 g/mol. The van der Waals surface area contributed by atoms with Crippen LogP contribution in [0.1, 0.15) is 54.4 Å². The summed E-state index contributed by atoms with van der Waals surface area (Å²) in [4.78, 5) is 35.7. The van der Waals surface area contributed by atoms with Gasteiger partial charge in [0.1, 0.15) is 24.0 Å². The zero-order valence-corrected chi connectivity index (χ0v) is 15.6. The van der Waals surface area contributed by atoms with Gasteiger partial charge in [-0.2, -0.15) is 0 Å². The molecule has 0 spiro atoms. The zero-order chi connectivity index (χ0) is 19.0. The van der Waals surface area contributed by atoms with Crippen LogP contribution in [0.5, 0.6) is 0 Å². The lowest BCUT2D eigenvalue weighted by atomic mass is 10.1. The molecule has 2 amide bonds. The SMILES string of the molecule is COCNC(=O)[C@H](CCC(=O)OC(C)(C)C)NC(=O)OC(C)(C)C. The van der Waals surface area contributed by atoms with E-state index in [2.05, 4.69) is 10.6 Å². The summed E-state index contributed by atoms with van der Waals surface area (Å²) < 4.78 is 15.1. The van der Waals surface area contributed by atoms with Crippen molar-refractivity contribution in [2.24, 2.45) is 0 Å². The quantitative estimate of drug-likeness (QED) is 0.537. The van der Waals surface area contributed by atoms with Gasteiger partial charge < -0.3 is 24.8 Å². The Kier molecular flexibility index (Phi) is 8.74. The summed E-state index contributed by atoms with van der Waals surface area (Å²) in [7, 11) is 1.43. The minimum atomic E-state index is -0.928. The Balaban J connectivity index is 4.72. The molecule has 0 rings (SSSR count). The summed E-state index contributed by atoms with van der Waals surface area (Å²) in [5.41, 5.74) is -1.30. The van der Waals surface area contributed by atoms with Gasteiger partial charge in [0.25, 0.3) is 0 Å². The largest absolute Gasteiger partial charge is 0.460 e. The molecule has 0 saturated carbocycles. The molecule has 0 aromatic carbocycles. The second-order valence-corrected chi connectivity index (χ2v) is 7.30. The van der Waals surface area contributed by atoms with Gasteiger partial charge in [0.15, 0.2) is 0 Å². The number of ether oxygens (including phenoxy) is 3. The number of nitrogens with one attached hydrogen (secondary N) is 2. The molecule has 0 unspecified atom stereocenters. The Hall–Kier alpha value is -1.83. The molecule has 0 heterocycles. The number of alkyl carbamates (subject to hydrolysis) is 1. The number of hydrogen-bond acceptors (Lipinski definition) is 6. The standard InChI is InChI=1S/C16H30N2O6/c1-15(2,3)23-12(19)9-8-11(13(20)17-10-22-7)18-14(21)24-16(4,5)6/h11H,8-10H2,1-7H3,(H,17,20)(H,18,21)/t11-/m0/s1. The average Bonchev–Trinajstić information content (AvgIpc) is 2.36. The van der Waals surface area contributed by atoms with Gasteiger partial charge >= 0.3 is 12.1 Å². The third kappa shape index (κ3) is 11.7. The van der Waals surface area contributed by atoms with E-state index in [0.717, 1.165) is 0 Å². The Bertz CT molecular complexity index is 437. The molecule has 0 aliphatic heterocycles. The normalized spacial score (nSPS) is 13.0. The Morgan fingerprint density at radius 1 is 0.958 bits per heavy atom. The second kappa shape index (κ2) is 9.46. The van der Waals surface area contributed by atoms with Crippen molar-refractivity contribution in [1.29, 1.82) is 0 Å². The molecular formula is C16H30N2O6. The van der Waals surface area contributed by atoms with Gasteiger partial charge in [-0.25, -0.2) is 4.79 Å². The minimum Gasteiger partial charge on any atom is -0.460 e. The van der Waals surface area contributed by atoms with Crippen molar-refractivity contribution in [3.63, 3.8) is 0 Å². The van der Waals surface area contributed by atoms with Crippen LogP contribution < -0.4 is 10.6 Å². The molecule has 0 aromatic heterocycles. The molecule has 0 bridgehead atoms. The first-order valence-electron chi connectivity index (χ1n) is 7.82. The summed E-state index contributed by atoms with van der Waals surface area (Å²) in [6.07, 6.45) is -0.661. The fourth-order valence-corrected chi connectivity index (χ4v) is 1.64. The van der Waals surface area contributed by atoms with Gasteiger partial charge in [0.2, 0.25) is 5.91 Å². The van der Waals surface area contributed by atoms with E-state index in [1.54, 1.807) is 41.5 Å². The summed E-state index contributed by atoms with van der Waals surface area (Å²) in [5, 5.41) is 4.95. The van der Waals surface area contributed by atoms with Gasteiger partial charge in [-0.1, -0.05) is 0 Å². The van der Waals surface area contributed by atoms with Crippen LogP contribution in [-0.2, 0) is 23.8 Å². The predicted molar refractivity (Wildman–Crippen MR) is 88.3 cm³/mol. The molecule has 8 nitrogen and oxygen atoms in total. The average molecular weight is 346 g/mol. The Labute approximate surface area is 143 Å². The molecule has 2 N–H and O–H groups in total. The van der Waals surface area contributed by atoms with Gasteiger partial charge in [-0.15, -0.1) is 0 Å². The van der Waals surface area contributed by atoms with Crippen LogP contribution in [0.25, 0.3) is 0 Å². The third-order valence-corrected chi connectivity index (χ3v) is 2.46. The van der Waals surface area contributed by atoms with Crippen LogP contribution in [0, 0.1) is 0 Å². The maximum atomic E-state index is 12.1. The van der Waals surface area contributed by atoms with E-state index in [1.165, 1.54) is 7.11 Å². The lowest BCUT2D eigenvalue weighted by Gasteiger charge is -2.24. The van der Waals surface area contributed by atoms with Crippen LogP contribution in [0.4, 0.5) is 4.79 Å². The number of hydrogen-bond donors (Lipinski definition) is 2. The first kappa shape index (κ1) is 22.2. The lowest BCUT2D eigenvalue weighted by molar-refractivity contribution is -0.155. The van der Waals surface area contributed by atoms with E-state index >= 15 is 0 Å². The third-order valence-electron chi connectivity index (χ3n) is 2.46. The molecule has 0 radical (unpaired) electrons. The van der Waals surface area contributed by atoms with Crippen molar-refractivity contribution in [3.8, 4) is 0 Å². The monoisotopic (exact) mass is 346 g/mol. The van der Waals surface area contributed by atoms with Gasteiger partial charge in [0.05, 0.1) is 0 Å². The van der Waals surface area contributed by atoms with E-state index in [9.17, 15) is 14.4 Å². The molecule has 0 aromatic rings. The van der Waals surface area contributed by atoms with E-state index in [0.29, 0.717) is 0 Å². The smallest absolute Gasteiger partial charge is 0.408 e. The number of amides is 2. The first-order chi connectivity index (χ1) is 10.8. The molecule has 140 valence electrons. The van der Waals surface area contributed by atoms with Gasteiger partial charge in [0, 0.05) is 13.5 Å². The van der Waals surface area contributed by atoms with Crippen molar-refractivity contribution >= 4 is 18.0 Å². The highest BCUT2D eigenvalue weighted by atomic mass is 16.6. The fraction of sp³-hybridized carbons (Fsp3) is 0.812. The molecule has 0 aliphatic carbocycles. The highest BCUT2D eigenvalue weighted by Gasteiger charge is 2.26. The van der Waals surface area contributed by atoms with Crippen molar-refractivity contribution in [2.45, 2.75) is 71.6 Å². The topological polar surface area (TPSA) is 103 Å². The minimum absolute atomic E-state index is 0.00221. The van der Waals surface area contributed by atoms with Crippen LogP contribution in [0.3, 0.4) is 0 Å². The summed E-state index contributed by atoms with van der Waals surface area (Å²) >= 11 is 0. The highest BCUT2D eigenvalue weighted by Crippen LogP contribution is 2.11. The number of carbonyl (C=O) groups is 3. The van der Waals surface area contributed by atoms with Crippen molar-refractivity contribution in [2.75, 3.05) is 13.8 Å². The van der Waals surface area contributed by atoms with Crippen molar-refractivity contribution in [1.82, 2.24) is 10.6 Å². The van der Waals surface area contributed by atoms with E-state index < -0.39 is 35.2 Å². The lowest BCUT2D eigenvalue weighted by Crippen LogP contribution is -2.48. The van der Waals surface area contributed by atoms with Crippen molar-refractivity contribution in [3.05, 3.63) is 0 Å². The summed E-state index contributed by atoms with van der Waals surface area (Å²) in [6, 6.07) is -0.928. The zero-order valence-electron chi connectivity index (χ0n) is 15.6. The molecule has 0 saturated heterocycles. The maximum absolute atomic E-state index is 12.1. The molecule has 8 heteroatoms. The molecule has 1 atom stereocenters. The van der Waals surface area contributed by atoms with Crippen LogP contribution in [0.2, 0.25) is 0 Å².